The van der Waals surface area contributed by atoms with Crippen molar-refractivity contribution in [1.29, 1.82) is 0 Å². The maximum atomic E-state index is 15.0. The molecule has 5 rings (SSSR count). The number of hydrogen-bond acceptors (Lipinski definition) is 5. The molecular weight excluding hydrogens is 485 g/mol. The van der Waals surface area contributed by atoms with Gasteiger partial charge in [-0.1, -0.05) is 0 Å². The highest BCUT2D eigenvalue weighted by Gasteiger charge is 2.24. The Balaban J connectivity index is 1.55. The number of imidazole rings is 1. The zero-order chi connectivity index (χ0) is 26.5. The Morgan fingerprint density at radius 3 is 2.49 bits per heavy atom. The molecule has 1 saturated heterocycles. The van der Waals surface area contributed by atoms with Gasteiger partial charge in [0.2, 0.25) is 11.9 Å². The third kappa shape index (κ3) is 4.55. The fourth-order valence-corrected chi connectivity index (χ4v) is 4.46. The van der Waals surface area contributed by atoms with Gasteiger partial charge in [0.15, 0.2) is 5.65 Å². The highest BCUT2D eigenvalue weighted by Crippen LogP contribution is 2.33. The zero-order valence-electron chi connectivity index (χ0n) is 21.0. The van der Waals surface area contributed by atoms with Crippen LogP contribution >= 0.6 is 0 Å². The highest BCUT2D eigenvalue weighted by atomic mass is 19.1. The number of anilines is 2. The topological polar surface area (TPSA) is 76.7 Å². The van der Waals surface area contributed by atoms with E-state index in [1.807, 2.05) is 6.07 Å². The molecule has 0 atom stereocenters. The van der Waals surface area contributed by atoms with Gasteiger partial charge >= 0.3 is 0 Å². The number of nitrogens with zero attached hydrogens (tertiary/aromatic N) is 5. The number of halogens is 3. The molecule has 4 aromatic rings. The molecule has 1 aromatic carbocycles. The summed E-state index contributed by atoms with van der Waals surface area (Å²) in [6, 6.07) is 4.48. The minimum atomic E-state index is -0.825. The van der Waals surface area contributed by atoms with Gasteiger partial charge in [0.1, 0.15) is 11.5 Å². The van der Waals surface area contributed by atoms with Crippen molar-refractivity contribution in [3.63, 3.8) is 0 Å². The van der Waals surface area contributed by atoms with Gasteiger partial charge in [0.05, 0.1) is 42.4 Å². The fourth-order valence-electron chi connectivity index (χ4n) is 4.46. The molecule has 0 bridgehead atoms. The number of aromatic nitrogens is 4. The monoisotopic (exact) mass is 512 g/mol. The van der Waals surface area contributed by atoms with Crippen molar-refractivity contribution >= 4 is 22.9 Å². The smallest absolute Gasteiger partial charge is 0.258 e. The van der Waals surface area contributed by atoms with Gasteiger partial charge in [0, 0.05) is 24.8 Å². The first-order valence-electron chi connectivity index (χ1n) is 11.9. The predicted octanol–water partition coefficient (Wildman–Crippen LogP) is 4.77. The number of pyridine rings is 1. The summed E-state index contributed by atoms with van der Waals surface area (Å²) in [6.07, 6.45) is 3.90. The number of morpholine rings is 1. The van der Waals surface area contributed by atoms with Crippen LogP contribution in [0.1, 0.15) is 36.7 Å². The van der Waals surface area contributed by atoms with Crippen LogP contribution in [0.2, 0.25) is 0 Å². The normalized spacial score (nSPS) is 14.4. The van der Waals surface area contributed by atoms with E-state index in [-0.39, 0.29) is 11.3 Å². The largest absolute Gasteiger partial charge is 0.378 e. The van der Waals surface area contributed by atoms with Crippen LogP contribution in [0.3, 0.4) is 0 Å². The molecular formula is C26H27F3N6O2. The van der Waals surface area contributed by atoms with Crippen molar-refractivity contribution in [3.8, 4) is 11.1 Å². The molecule has 0 spiro atoms. The Morgan fingerprint density at radius 2 is 1.81 bits per heavy atom. The first-order valence-corrected chi connectivity index (χ1v) is 11.9. The summed E-state index contributed by atoms with van der Waals surface area (Å²) >= 11 is 0. The molecule has 1 aliphatic heterocycles. The summed E-state index contributed by atoms with van der Waals surface area (Å²) < 4.78 is 52.3. The van der Waals surface area contributed by atoms with Crippen LogP contribution < -0.4 is 10.2 Å². The average molecular weight is 513 g/mol. The van der Waals surface area contributed by atoms with E-state index in [1.165, 1.54) is 22.7 Å². The van der Waals surface area contributed by atoms with Crippen molar-refractivity contribution in [2.45, 2.75) is 33.2 Å². The van der Waals surface area contributed by atoms with Gasteiger partial charge in [0.25, 0.3) is 5.91 Å². The third-order valence-electron chi connectivity index (χ3n) is 6.36. The van der Waals surface area contributed by atoms with Crippen molar-refractivity contribution in [2.24, 2.45) is 0 Å². The number of carbonyl (C=O) groups excluding carboxylic acids is 1. The van der Waals surface area contributed by atoms with Crippen molar-refractivity contribution < 1.29 is 22.7 Å². The minimum Gasteiger partial charge on any atom is -0.378 e. The Bertz CT molecular complexity index is 1500. The van der Waals surface area contributed by atoms with Gasteiger partial charge in [-0.3, -0.25) is 9.20 Å². The molecule has 37 heavy (non-hydrogen) atoms. The SMILES string of the molecule is Cc1cc(F)c(C(=O)Nc2cnn(C(C)(C)C)c2F)cc1-c1cc(N2CCOCC2)c2ncc(F)n2c1. The molecule has 4 heterocycles. The molecule has 1 amide bonds. The highest BCUT2D eigenvalue weighted by molar-refractivity contribution is 6.05. The lowest BCUT2D eigenvalue weighted by Gasteiger charge is -2.29. The number of carbonyl (C=O) groups is 1. The second-order valence-electron chi connectivity index (χ2n) is 10.0. The van der Waals surface area contributed by atoms with E-state index in [0.29, 0.717) is 54.3 Å². The van der Waals surface area contributed by atoms with E-state index in [4.69, 9.17) is 4.74 Å². The van der Waals surface area contributed by atoms with Crippen molar-refractivity contribution in [3.05, 3.63) is 65.6 Å². The van der Waals surface area contributed by atoms with Crippen LogP contribution in [0.25, 0.3) is 16.8 Å². The lowest BCUT2D eigenvalue weighted by molar-refractivity contribution is 0.102. The Hall–Kier alpha value is -3.86. The van der Waals surface area contributed by atoms with E-state index in [2.05, 4.69) is 20.3 Å². The maximum absolute atomic E-state index is 15.0. The minimum absolute atomic E-state index is 0.155. The average Bonchev–Trinajstić information content (AvgIpc) is 3.41. The second-order valence-corrected chi connectivity index (χ2v) is 10.0. The number of rotatable bonds is 4. The van der Waals surface area contributed by atoms with Gasteiger partial charge < -0.3 is 15.0 Å². The third-order valence-corrected chi connectivity index (χ3v) is 6.36. The lowest BCUT2D eigenvalue weighted by Crippen LogP contribution is -2.36. The molecule has 194 valence electrons. The van der Waals surface area contributed by atoms with E-state index < -0.39 is 29.2 Å². The molecule has 0 aliphatic carbocycles. The van der Waals surface area contributed by atoms with Crippen molar-refractivity contribution in [2.75, 3.05) is 36.5 Å². The summed E-state index contributed by atoms with van der Waals surface area (Å²) in [5, 5.41) is 6.42. The van der Waals surface area contributed by atoms with Crippen LogP contribution in [-0.4, -0.2) is 51.4 Å². The number of aryl methyl sites for hydroxylation is 1. The van der Waals surface area contributed by atoms with Gasteiger partial charge in [-0.15, -0.1) is 0 Å². The molecule has 0 unspecified atom stereocenters. The number of benzene rings is 1. The molecule has 1 N–H and O–H groups in total. The summed E-state index contributed by atoms with van der Waals surface area (Å²) in [7, 11) is 0. The second kappa shape index (κ2) is 9.22. The van der Waals surface area contributed by atoms with Crippen LogP contribution in [0.5, 0.6) is 0 Å². The van der Waals surface area contributed by atoms with Gasteiger partial charge in [-0.25, -0.2) is 14.1 Å². The number of hydrogen-bond donors (Lipinski definition) is 1. The number of amides is 1. The van der Waals surface area contributed by atoms with Crippen molar-refractivity contribution in [1.82, 2.24) is 19.2 Å². The molecule has 1 aliphatic rings. The fraction of sp³-hybridized carbons (Fsp3) is 0.346. The molecule has 3 aromatic heterocycles. The summed E-state index contributed by atoms with van der Waals surface area (Å²) in [5.41, 5.74) is 1.73. The number of ether oxygens (including phenoxy) is 1. The zero-order valence-corrected chi connectivity index (χ0v) is 21.0. The molecule has 11 heteroatoms. The van der Waals surface area contributed by atoms with Crippen LogP contribution in [-0.2, 0) is 10.3 Å². The quantitative estimate of drug-likeness (QED) is 0.427. The first kappa shape index (κ1) is 24.8. The van der Waals surface area contributed by atoms with Crippen LogP contribution in [0.4, 0.5) is 24.5 Å². The van der Waals surface area contributed by atoms with E-state index in [1.54, 1.807) is 33.9 Å². The number of fused-ring (bicyclic) bond motifs is 1. The van der Waals surface area contributed by atoms with E-state index >= 15 is 0 Å². The van der Waals surface area contributed by atoms with Crippen LogP contribution in [0, 0.1) is 24.6 Å². The first-order chi connectivity index (χ1) is 17.5. The van der Waals surface area contributed by atoms with Crippen LogP contribution in [0.15, 0.2) is 36.8 Å². The standard InChI is InChI=1S/C26H27F3N6O2/c1-15-9-19(27)18(25(36)32-20-12-31-35(23(20)29)26(2,3)4)11-17(15)16-10-21(33-5-7-37-8-6-33)24-30-13-22(28)34(24)14-16/h9-14H,5-8H2,1-4H3,(H,32,36). The van der Waals surface area contributed by atoms with Gasteiger partial charge in [-0.2, -0.15) is 13.9 Å². The maximum Gasteiger partial charge on any atom is 0.258 e. The van der Waals surface area contributed by atoms with Gasteiger partial charge in [-0.05, 0) is 57.0 Å². The molecule has 8 nitrogen and oxygen atoms in total. The molecule has 0 saturated carbocycles. The molecule has 0 radical (unpaired) electrons. The lowest BCUT2D eigenvalue weighted by atomic mass is 9.98. The summed E-state index contributed by atoms with van der Waals surface area (Å²) in [5.74, 6) is -2.86. The summed E-state index contributed by atoms with van der Waals surface area (Å²) in [6.45, 7) is 9.29. The van der Waals surface area contributed by atoms with E-state index in [9.17, 15) is 18.0 Å². The Morgan fingerprint density at radius 1 is 1.08 bits per heavy atom. The number of nitrogens with one attached hydrogen (secondary N) is 1. The Kier molecular flexibility index (Phi) is 6.18. The summed E-state index contributed by atoms with van der Waals surface area (Å²) in [4.78, 5) is 19.3. The molecule has 1 fully saturated rings. The Labute approximate surface area is 211 Å². The van der Waals surface area contributed by atoms with E-state index in [0.717, 1.165) is 10.9 Å². The predicted molar refractivity (Wildman–Crippen MR) is 133 cm³/mol.